The first-order valence-corrected chi connectivity index (χ1v) is 12.3. The van der Waals surface area contributed by atoms with Gasteiger partial charge in [0, 0.05) is 37.6 Å². The van der Waals surface area contributed by atoms with Gasteiger partial charge in [-0.15, -0.1) is 12.4 Å². The van der Waals surface area contributed by atoms with Gasteiger partial charge in [0.2, 0.25) is 0 Å². The zero-order chi connectivity index (χ0) is 21.6. The summed E-state index contributed by atoms with van der Waals surface area (Å²) in [5, 5.41) is 2.10. The number of hydrogen-bond donors (Lipinski definition) is 1. The van der Waals surface area contributed by atoms with E-state index >= 15 is 0 Å². The number of amides is 1. The van der Waals surface area contributed by atoms with Gasteiger partial charge in [-0.1, -0.05) is 51.3 Å². The molecule has 3 fully saturated rings. The maximum Gasteiger partial charge on any atom is 0.260 e. The van der Waals surface area contributed by atoms with Gasteiger partial charge in [0.25, 0.3) is 5.91 Å². The van der Waals surface area contributed by atoms with Crippen molar-refractivity contribution in [3.63, 3.8) is 0 Å². The number of carbonyl (C=O) groups is 1. The van der Waals surface area contributed by atoms with E-state index in [9.17, 15) is 4.79 Å². The van der Waals surface area contributed by atoms with E-state index in [1.165, 1.54) is 44.2 Å². The summed E-state index contributed by atoms with van der Waals surface area (Å²) in [6.45, 7) is 8.45. The van der Waals surface area contributed by atoms with Crippen LogP contribution in [-0.2, 0) is 10.2 Å². The molecule has 1 aliphatic carbocycles. The van der Waals surface area contributed by atoms with E-state index in [-0.39, 0.29) is 23.7 Å². The van der Waals surface area contributed by atoms with Crippen LogP contribution in [0, 0.1) is 12.3 Å². The standard InChI is InChI=1S/C26H39N4O.ClH/c1-25(2)18-30(23-14-8-7-13-22(23)25)27-24(31)26-15-9-12-21(28(26)3)17-29(19-26)16-20-10-5-4-6-11-20;/h7-9,13-14,20-21H,4-6,10-12,15-19H2,1-3H3,(H,27,31);1H. The summed E-state index contributed by atoms with van der Waals surface area (Å²) in [5.41, 5.74) is 5.40. The SMILES string of the molecule is CN1C2C[CH]CC1(C(=O)NN1CC(C)(C)c3ccccc31)CN(CC1CCCCC1)C2.Cl. The molecule has 5 nitrogen and oxygen atoms in total. The quantitative estimate of drug-likeness (QED) is 0.733. The highest BCUT2D eigenvalue weighted by Gasteiger charge is 2.52. The van der Waals surface area contributed by atoms with Crippen molar-refractivity contribution < 1.29 is 4.79 Å². The van der Waals surface area contributed by atoms with E-state index in [1.807, 2.05) is 0 Å². The molecule has 1 N–H and O–H groups in total. The summed E-state index contributed by atoms with van der Waals surface area (Å²) in [6, 6.07) is 8.95. The van der Waals surface area contributed by atoms with Gasteiger partial charge in [0.05, 0.1) is 5.69 Å². The molecule has 32 heavy (non-hydrogen) atoms. The first-order chi connectivity index (χ1) is 14.9. The fourth-order valence-electron chi connectivity index (χ4n) is 6.64. The van der Waals surface area contributed by atoms with E-state index in [1.54, 1.807) is 0 Å². The van der Waals surface area contributed by atoms with Gasteiger partial charge in [-0.2, -0.15) is 0 Å². The average Bonchev–Trinajstić information content (AvgIpc) is 3.00. The third kappa shape index (κ3) is 4.17. The van der Waals surface area contributed by atoms with Crippen LogP contribution in [0.1, 0.15) is 64.4 Å². The van der Waals surface area contributed by atoms with Gasteiger partial charge in [-0.05, 0) is 56.7 Å². The molecule has 2 bridgehead atoms. The van der Waals surface area contributed by atoms with Gasteiger partial charge < -0.3 is 0 Å². The largest absolute Gasteiger partial charge is 0.299 e. The first kappa shape index (κ1) is 23.8. The zero-order valence-corrected chi connectivity index (χ0v) is 20.8. The van der Waals surface area contributed by atoms with E-state index in [0.29, 0.717) is 6.04 Å². The number of anilines is 1. The van der Waals surface area contributed by atoms with E-state index in [2.05, 4.69) is 71.8 Å². The maximum atomic E-state index is 13.9. The van der Waals surface area contributed by atoms with Gasteiger partial charge in [-0.3, -0.25) is 25.0 Å². The number of likely N-dealkylation sites (N-methyl/N-ethyl adjacent to an activating group) is 1. The summed E-state index contributed by atoms with van der Waals surface area (Å²) in [4.78, 5) is 18.9. The fraction of sp³-hybridized carbons (Fsp3) is 0.692. The minimum atomic E-state index is -0.461. The van der Waals surface area contributed by atoms with E-state index in [0.717, 1.165) is 44.1 Å². The highest BCUT2D eigenvalue weighted by molar-refractivity contribution is 5.89. The molecule has 1 radical (unpaired) electrons. The number of hydrogen-bond acceptors (Lipinski definition) is 4. The Hall–Kier alpha value is -1.30. The molecule has 0 spiro atoms. The van der Waals surface area contributed by atoms with Gasteiger partial charge in [-0.25, -0.2) is 0 Å². The Morgan fingerprint density at radius 2 is 1.88 bits per heavy atom. The van der Waals surface area contributed by atoms with Crippen molar-refractivity contribution in [1.82, 2.24) is 15.2 Å². The van der Waals surface area contributed by atoms with E-state index in [4.69, 9.17) is 0 Å². The van der Waals surface area contributed by atoms with Crippen LogP contribution in [0.15, 0.2) is 24.3 Å². The van der Waals surface area contributed by atoms with Gasteiger partial charge in [0.1, 0.15) is 5.54 Å². The van der Waals surface area contributed by atoms with E-state index < -0.39 is 5.54 Å². The molecule has 2 saturated heterocycles. The third-order valence-corrected chi connectivity index (χ3v) is 8.48. The summed E-state index contributed by atoms with van der Waals surface area (Å²) in [6.07, 6.45) is 11.2. The molecule has 1 amide bonds. The number of likely N-dealkylation sites (tertiary alicyclic amines) is 1. The lowest BCUT2D eigenvalue weighted by atomic mass is 9.78. The van der Waals surface area contributed by atoms with Crippen molar-refractivity contribution in [3.8, 4) is 0 Å². The predicted molar refractivity (Wildman–Crippen MR) is 133 cm³/mol. The fourth-order valence-corrected chi connectivity index (χ4v) is 6.64. The number of fused-ring (bicyclic) bond motifs is 3. The van der Waals surface area contributed by atoms with Gasteiger partial charge >= 0.3 is 0 Å². The normalized spacial score (nSPS) is 30.5. The van der Waals surface area contributed by atoms with Crippen molar-refractivity contribution in [2.45, 2.75) is 75.8 Å². The predicted octanol–water partition coefficient (Wildman–Crippen LogP) is 4.17. The second kappa shape index (κ2) is 9.15. The molecule has 5 rings (SSSR count). The number of carbonyl (C=O) groups excluding carboxylic acids is 1. The number of nitrogens with zero attached hydrogens (tertiary/aromatic N) is 3. The minimum Gasteiger partial charge on any atom is -0.299 e. The summed E-state index contributed by atoms with van der Waals surface area (Å²) in [7, 11) is 2.18. The van der Waals surface area contributed by atoms with Crippen molar-refractivity contribution in [3.05, 3.63) is 36.2 Å². The maximum absolute atomic E-state index is 13.9. The number of hydrazine groups is 1. The Bertz CT molecular complexity index is 824. The van der Waals surface area contributed by atoms with Crippen LogP contribution in [0.4, 0.5) is 5.69 Å². The molecule has 0 aromatic heterocycles. The molecule has 177 valence electrons. The van der Waals surface area contributed by atoms with Crippen LogP contribution in [0.2, 0.25) is 0 Å². The Labute approximate surface area is 200 Å². The lowest BCUT2D eigenvalue weighted by Gasteiger charge is -2.56. The number of nitrogens with one attached hydrogen (secondary N) is 1. The molecule has 6 heteroatoms. The van der Waals surface area contributed by atoms with Crippen LogP contribution in [0.25, 0.3) is 0 Å². The van der Waals surface area contributed by atoms with Crippen molar-refractivity contribution >= 4 is 24.0 Å². The Kier molecular flexibility index (Phi) is 6.82. The second-order valence-electron chi connectivity index (χ2n) is 11.2. The molecule has 2 unspecified atom stereocenters. The summed E-state index contributed by atoms with van der Waals surface area (Å²) < 4.78 is 0. The van der Waals surface area contributed by atoms with Crippen molar-refractivity contribution in [2.24, 2.45) is 5.92 Å². The lowest BCUT2D eigenvalue weighted by Crippen LogP contribution is -2.73. The van der Waals surface area contributed by atoms with Crippen LogP contribution < -0.4 is 10.4 Å². The van der Waals surface area contributed by atoms with Crippen molar-refractivity contribution in [2.75, 3.05) is 38.2 Å². The Morgan fingerprint density at radius 3 is 2.66 bits per heavy atom. The highest BCUT2D eigenvalue weighted by atomic mass is 35.5. The number of para-hydroxylation sites is 1. The molecule has 1 aromatic rings. The second-order valence-corrected chi connectivity index (χ2v) is 11.2. The third-order valence-electron chi connectivity index (χ3n) is 8.48. The minimum absolute atomic E-state index is 0. The number of rotatable bonds is 4. The molecule has 1 aromatic carbocycles. The molecule has 3 aliphatic heterocycles. The lowest BCUT2D eigenvalue weighted by molar-refractivity contribution is -0.144. The number of piperidine rings is 1. The smallest absolute Gasteiger partial charge is 0.260 e. The highest BCUT2D eigenvalue weighted by Crippen LogP contribution is 2.41. The summed E-state index contributed by atoms with van der Waals surface area (Å²) in [5.74, 6) is 0.977. The van der Waals surface area contributed by atoms with Crippen LogP contribution in [0.3, 0.4) is 0 Å². The number of benzene rings is 1. The monoisotopic (exact) mass is 459 g/mol. The number of piperazine rings is 1. The Balaban J connectivity index is 0.00000245. The molecule has 1 saturated carbocycles. The van der Waals surface area contributed by atoms with Crippen LogP contribution in [0.5, 0.6) is 0 Å². The molecule has 2 atom stereocenters. The summed E-state index contributed by atoms with van der Waals surface area (Å²) >= 11 is 0. The molecular weight excluding hydrogens is 420 g/mol. The van der Waals surface area contributed by atoms with Crippen LogP contribution >= 0.6 is 12.4 Å². The molecular formula is C26H40ClN4O. The van der Waals surface area contributed by atoms with Crippen molar-refractivity contribution in [1.29, 1.82) is 0 Å². The topological polar surface area (TPSA) is 38.8 Å². The first-order valence-electron chi connectivity index (χ1n) is 12.3. The zero-order valence-electron chi connectivity index (χ0n) is 20.0. The number of halogens is 1. The van der Waals surface area contributed by atoms with Crippen LogP contribution in [-0.4, -0.2) is 60.5 Å². The molecule has 4 aliphatic rings. The molecule has 3 heterocycles. The average molecular weight is 460 g/mol. The van der Waals surface area contributed by atoms with Gasteiger partial charge in [0.15, 0.2) is 0 Å². The Morgan fingerprint density at radius 1 is 1.12 bits per heavy atom.